The third kappa shape index (κ3) is 2.79. The maximum absolute atomic E-state index is 4.57. The average Bonchev–Trinajstić information content (AvgIpc) is 2.92. The fraction of sp³-hybridized carbons (Fsp3) is 0.538. The predicted molar refractivity (Wildman–Crippen MR) is 72.3 cm³/mol. The van der Waals surface area contributed by atoms with E-state index in [1.54, 1.807) is 11.3 Å². The second-order valence-corrected chi connectivity index (χ2v) is 5.70. The molecule has 0 radical (unpaired) electrons. The van der Waals surface area contributed by atoms with Gasteiger partial charge in [-0.2, -0.15) is 5.10 Å². The first-order valence-electron chi connectivity index (χ1n) is 6.50. The molecule has 0 atom stereocenters. The van der Waals surface area contributed by atoms with Crippen molar-refractivity contribution in [2.45, 2.75) is 45.4 Å². The van der Waals surface area contributed by atoms with Gasteiger partial charge in [0.25, 0.3) is 0 Å². The van der Waals surface area contributed by atoms with E-state index in [9.17, 15) is 0 Å². The lowest BCUT2D eigenvalue weighted by Gasteiger charge is -2.19. The first kappa shape index (κ1) is 11.9. The molecule has 1 aliphatic carbocycles. The number of thiazole rings is 1. The lowest BCUT2D eigenvalue weighted by molar-refractivity contribution is 0.241. The molecule has 5 heteroatoms. The maximum Gasteiger partial charge on any atom is 0.107 e. The van der Waals surface area contributed by atoms with Gasteiger partial charge < -0.3 is 0 Å². The van der Waals surface area contributed by atoms with Gasteiger partial charge in [0.2, 0.25) is 0 Å². The topological polar surface area (TPSA) is 34.0 Å². The summed E-state index contributed by atoms with van der Waals surface area (Å²) >= 11 is 1.74. The highest BCUT2D eigenvalue weighted by molar-refractivity contribution is 7.09. The molecule has 1 fully saturated rings. The number of aryl methyl sites for hydroxylation is 1. The summed E-state index contributed by atoms with van der Waals surface area (Å²) in [7, 11) is 0. The SMILES string of the molecule is CCn1ccc(CN(Cc2nccs2)C2CC2)n1. The molecule has 0 spiro atoms. The summed E-state index contributed by atoms with van der Waals surface area (Å²) in [4.78, 5) is 6.88. The Balaban J connectivity index is 1.66. The van der Waals surface area contributed by atoms with Gasteiger partial charge in [0.05, 0.1) is 12.2 Å². The van der Waals surface area contributed by atoms with Crippen LogP contribution in [0.4, 0.5) is 0 Å². The molecule has 1 saturated carbocycles. The number of hydrogen-bond acceptors (Lipinski definition) is 4. The molecular weight excluding hydrogens is 244 g/mol. The van der Waals surface area contributed by atoms with Crippen molar-refractivity contribution in [2.75, 3.05) is 0 Å². The summed E-state index contributed by atoms with van der Waals surface area (Å²) < 4.78 is 1.99. The number of hydrogen-bond donors (Lipinski definition) is 0. The van der Waals surface area contributed by atoms with E-state index in [4.69, 9.17) is 0 Å². The highest BCUT2D eigenvalue weighted by Gasteiger charge is 2.29. The molecule has 0 aromatic carbocycles. The number of rotatable bonds is 6. The van der Waals surface area contributed by atoms with Crippen LogP contribution in [0.5, 0.6) is 0 Å². The van der Waals surface area contributed by atoms with Crippen molar-refractivity contribution in [1.82, 2.24) is 19.7 Å². The van der Waals surface area contributed by atoms with Crippen molar-refractivity contribution < 1.29 is 0 Å². The Morgan fingerprint density at radius 3 is 2.94 bits per heavy atom. The van der Waals surface area contributed by atoms with Gasteiger partial charge in [0.1, 0.15) is 5.01 Å². The van der Waals surface area contributed by atoms with Crippen LogP contribution in [-0.2, 0) is 19.6 Å². The summed E-state index contributed by atoms with van der Waals surface area (Å²) in [5.74, 6) is 0. The number of nitrogens with zero attached hydrogens (tertiary/aromatic N) is 4. The Morgan fingerprint density at radius 1 is 1.44 bits per heavy atom. The first-order chi connectivity index (χ1) is 8.85. The van der Waals surface area contributed by atoms with Crippen molar-refractivity contribution in [3.63, 3.8) is 0 Å². The molecule has 2 aromatic heterocycles. The molecule has 2 heterocycles. The molecule has 0 amide bonds. The van der Waals surface area contributed by atoms with Crippen molar-refractivity contribution in [2.24, 2.45) is 0 Å². The number of aromatic nitrogens is 3. The van der Waals surface area contributed by atoms with Crippen molar-refractivity contribution in [3.05, 3.63) is 34.5 Å². The molecular formula is C13H18N4S. The van der Waals surface area contributed by atoms with E-state index in [0.29, 0.717) is 0 Å². The quantitative estimate of drug-likeness (QED) is 0.802. The van der Waals surface area contributed by atoms with E-state index in [1.807, 2.05) is 16.3 Å². The molecule has 0 saturated heterocycles. The Bertz CT molecular complexity index is 487. The lowest BCUT2D eigenvalue weighted by Crippen LogP contribution is -2.25. The van der Waals surface area contributed by atoms with E-state index in [-0.39, 0.29) is 0 Å². The fourth-order valence-corrected chi connectivity index (χ4v) is 2.77. The highest BCUT2D eigenvalue weighted by atomic mass is 32.1. The zero-order valence-electron chi connectivity index (χ0n) is 10.6. The fourth-order valence-electron chi connectivity index (χ4n) is 2.13. The van der Waals surface area contributed by atoms with E-state index in [0.717, 1.165) is 25.7 Å². The van der Waals surface area contributed by atoms with Gasteiger partial charge >= 0.3 is 0 Å². The predicted octanol–water partition coefficient (Wildman–Crippen LogP) is 2.52. The zero-order valence-corrected chi connectivity index (χ0v) is 11.4. The molecule has 2 aromatic rings. The molecule has 0 aliphatic heterocycles. The molecule has 0 unspecified atom stereocenters. The van der Waals surface area contributed by atoms with Crippen molar-refractivity contribution in [1.29, 1.82) is 0 Å². The molecule has 0 bridgehead atoms. The van der Waals surface area contributed by atoms with Crippen LogP contribution in [0.3, 0.4) is 0 Å². The Hall–Kier alpha value is -1.20. The van der Waals surface area contributed by atoms with E-state index in [2.05, 4.69) is 34.2 Å². The third-order valence-electron chi connectivity index (χ3n) is 3.27. The van der Waals surface area contributed by atoms with Gasteiger partial charge in [-0.25, -0.2) is 4.98 Å². The summed E-state index contributed by atoms with van der Waals surface area (Å²) in [6.45, 7) is 4.96. The monoisotopic (exact) mass is 262 g/mol. The van der Waals surface area contributed by atoms with Gasteiger partial charge in [-0.3, -0.25) is 9.58 Å². The maximum atomic E-state index is 4.57. The third-order valence-corrected chi connectivity index (χ3v) is 4.03. The van der Waals surface area contributed by atoms with Crippen molar-refractivity contribution >= 4 is 11.3 Å². The minimum Gasteiger partial charge on any atom is -0.288 e. The zero-order chi connectivity index (χ0) is 12.4. The largest absolute Gasteiger partial charge is 0.288 e. The molecule has 18 heavy (non-hydrogen) atoms. The second kappa shape index (κ2) is 5.20. The van der Waals surface area contributed by atoms with Crippen LogP contribution in [0.15, 0.2) is 23.8 Å². The van der Waals surface area contributed by atoms with Gasteiger partial charge in [0.15, 0.2) is 0 Å². The average molecular weight is 262 g/mol. The Morgan fingerprint density at radius 2 is 2.33 bits per heavy atom. The lowest BCUT2D eigenvalue weighted by atomic mass is 10.3. The Labute approximate surface area is 111 Å². The highest BCUT2D eigenvalue weighted by Crippen LogP contribution is 2.29. The molecule has 1 aliphatic rings. The van der Waals surface area contributed by atoms with Crippen molar-refractivity contribution in [3.8, 4) is 0 Å². The van der Waals surface area contributed by atoms with Gasteiger partial charge in [-0.1, -0.05) is 0 Å². The second-order valence-electron chi connectivity index (χ2n) is 4.72. The molecule has 4 nitrogen and oxygen atoms in total. The first-order valence-corrected chi connectivity index (χ1v) is 7.38. The minimum atomic E-state index is 0.737. The van der Waals surface area contributed by atoms with Crippen LogP contribution in [0.25, 0.3) is 0 Å². The standard InChI is InChI=1S/C13H18N4S/c1-2-17-7-5-11(15-17)9-16(12-3-4-12)10-13-14-6-8-18-13/h5-8,12H,2-4,9-10H2,1H3. The summed E-state index contributed by atoms with van der Waals surface area (Å²) in [5.41, 5.74) is 1.17. The normalized spacial score (nSPS) is 15.4. The Kier molecular flexibility index (Phi) is 3.43. The van der Waals surface area contributed by atoms with E-state index in [1.165, 1.54) is 23.5 Å². The van der Waals surface area contributed by atoms with Crippen LogP contribution in [0.1, 0.15) is 30.5 Å². The van der Waals surface area contributed by atoms with Crippen LogP contribution >= 0.6 is 11.3 Å². The molecule has 3 rings (SSSR count). The van der Waals surface area contributed by atoms with Gasteiger partial charge in [0, 0.05) is 36.9 Å². The van der Waals surface area contributed by atoms with Crippen LogP contribution < -0.4 is 0 Å². The minimum absolute atomic E-state index is 0.737. The molecule has 0 N–H and O–H groups in total. The smallest absolute Gasteiger partial charge is 0.107 e. The summed E-state index contributed by atoms with van der Waals surface area (Å²) in [6.07, 6.45) is 6.58. The van der Waals surface area contributed by atoms with E-state index >= 15 is 0 Å². The van der Waals surface area contributed by atoms with E-state index < -0.39 is 0 Å². The summed E-state index contributed by atoms with van der Waals surface area (Å²) in [6, 6.07) is 2.86. The van der Waals surface area contributed by atoms with Gasteiger partial charge in [-0.05, 0) is 25.8 Å². The van der Waals surface area contributed by atoms with Crippen LogP contribution in [0, 0.1) is 0 Å². The van der Waals surface area contributed by atoms with Gasteiger partial charge in [-0.15, -0.1) is 11.3 Å². The summed E-state index contributed by atoms with van der Waals surface area (Å²) in [5, 5.41) is 7.82. The van der Waals surface area contributed by atoms with Crippen LogP contribution in [-0.4, -0.2) is 25.7 Å². The van der Waals surface area contributed by atoms with Crippen LogP contribution in [0.2, 0.25) is 0 Å². The molecule has 96 valence electrons.